The van der Waals surface area contributed by atoms with Gasteiger partial charge >= 0.3 is 0 Å². The average molecular weight is 844 g/mol. The van der Waals surface area contributed by atoms with Crippen molar-refractivity contribution in [3.63, 3.8) is 0 Å². The number of para-hydroxylation sites is 1. The van der Waals surface area contributed by atoms with Crippen molar-refractivity contribution < 1.29 is 0 Å². The van der Waals surface area contributed by atoms with Crippen molar-refractivity contribution in [2.24, 2.45) is 0 Å². The van der Waals surface area contributed by atoms with Crippen LogP contribution in [-0.2, 0) is 6.42 Å². The second-order valence-corrected chi connectivity index (χ2v) is 18.2. The number of thiophene rings is 1. The van der Waals surface area contributed by atoms with Crippen molar-refractivity contribution in [1.29, 1.82) is 0 Å². The third kappa shape index (κ3) is 5.41. The number of fused-ring (bicyclic) bond motifs is 16. The third-order valence-electron chi connectivity index (χ3n) is 13.6. The summed E-state index contributed by atoms with van der Waals surface area (Å²) >= 11 is 1.93. The van der Waals surface area contributed by atoms with Gasteiger partial charge in [-0.15, -0.1) is 11.3 Å². The number of hydrogen-bond donors (Lipinski definition) is 0. The fourth-order valence-corrected chi connectivity index (χ4v) is 12.2. The number of hydrogen-bond acceptors (Lipinski definition) is 3. The molecule has 65 heavy (non-hydrogen) atoms. The molecule has 0 unspecified atom stereocenters. The van der Waals surface area contributed by atoms with E-state index in [2.05, 4.69) is 217 Å². The molecule has 0 radical (unpaired) electrons. The summed E-state index contributed by atoms with van der Waals surface area (Å²) in [6.07, 6.45) is 0.723. The zero-order valence-corrected chi connectivity index (χ0v) is 36.0. The van der Waals surface area contributed by atoms with Crippen LogP contribution >= 0.6 is 11.3 Å². The van der Waals surface area contributed by atoms with Gasteiger partial charge in [0.15, 0.2) is 0 Å². The van der Waals surface area contributed by atoms with E-state index in [-0.39, 0.29) is 0 Å². The van der Waals surface area contributed by atoms with Gasteiger partial charge in [-0.05, 0) is 72.4 Å². The molecular formula is C61H37N3S. The summed E-state index contributed by atoms with van der Waals surface area (Å²) in [5.41, 5.74) is 15.3. The van der Waals surface area contributed by atoms with Gasteiger partial charge < -0.3 is 0 Å². The first kappa shape index (κ1) is 36.3. The molecule has 0 bridgehead atoms. The molecule has 1 aliphatic carbocycles. The molecule has 302 valence electrons. The lowest BCUT2D eigenvalue weighted by molar-refractivity contribution is 0.922. The largest absolute Gasteiger partial charge is 0.281 e. The Balaban J connectivity index is 1.07. The predicted molar refractivity (Wildman–Crippen MR) is 274 cm³/mol. The Bertz CT molecular complexity index is 4100. The van der Waals surface area contributed by atoms with E-state index in [9.17, 15) is 0 Å². The molecule has 0 N–H and O–H groups in total. The molecule has 3 nitrogen and oxygen atoms in total. The van der Waals surface area contributed by atoms with Crippen molar-refractivity contribution in [3.05, 3.63) is 223 Å². The molecule has 13 aromatic rings. The molecule has 0 fully saturated rings. The highest BCUT2D eigenvalue weighted by atomic mass is 32.1. The summed E-state index contributed by atoms with van der Waals surface area (Å²) in [5.74, 6) is 0.679. The topological polar surface area (TPSA) is 30.7 Å². The molecule has 0 saturated heterocycles. The zero-order valence-electron chi connectivity index (χ0n) is 35.2. The Morgan fingerprint density at radius 2 is 0.969 bits per heavy atom. The highest BCUT2D eigenvalue weighted by Crippen LogP contribution is 2.52. The molecule has 3 aromatic heterocycles. The van der Waals surface area contributed by atoms with E-state index in [0.717, 1.165) is 44.9 Å². The van der Waals surface area contributed by atoms with Crippen LogP contribution in [-0.4, -0.2) is 14.5 Å². The van der Waals surface area contributed by atoms with Crippen molar-refractivity contribution in [2.45, 2.75) is 6.42 Å². The summed E-state index contributed by atoms with van der Waals surface area (Å²) < 4.78 is 3.70. The zero-order chi connectivity index (χ0) is 42.6. The van der Waals surface area contributed by atoms with E-state index in [1.54, 1.807) is 0 Å². The highest BCUT2D eigenvalue weighted by molar-refractivity contribution is 7.20. The first-order chi connectivity index (χ1) is 32.3. The molecule has 0 amide bonds. The molecule has 14 rings (SSSR count). The minimum Gasteiger partial charge on any atom is -0.281 e. The van der Waals surface area contributed by atoms with Gasteiger partial charge in [-0.25, -0.2) is 9.97 Å². The molecule has 0 saturated carbocycles. The van der Waals surface area contributed by atoms with Gasteiger partial charge in [0.05, 0.1) is 16.7 Å². The number of rotatable bonds is 4. The van der Waals surface area contributed by atoms with Crippen LogP contribution in [0.1, 0.15) is 10.6 Å². The Hall–Kier alpha value is -8.18. The molecular weight excluding hydrogens is 807 g/mol. The van der Waals surface area contributed by atoms with Crippen LogP contribution in [0.25, 0.3) is 126 Å². The van der Waals surface area contributed by atoms with Crippen LogP contribution < -0.4 is 0 Å². The number of aromatic nitrogens is 3. The first-order valence-electron chi connectivity index (χ1n) is 22.3. The SMILES string of the molecule is c1ccc(-c2cccc(-c3cccc4c5c(sc34)Cc3c(c4ccccc4n3-c3nc(-c4cccc6ccccc46)c4c6ccccc6c6ccccc6c4n3)-c3ccccc3-5)c2)cc1. The van der Waals surface area contributed by atoms with E-state index in [1.807, 2.05) is 11.3 Å². The maximum atomic E-state index is 5.81. The Kier molecular flexibility index (Phi) is 7.92. The van der Waals surface area contributed by atoms with Crippen LogP contribution in [0.4, 0.5) is 0 Å². The predicted octanol–water partition coefficient (Wildman–Crippen LogP) is 16.5. The fourth-order valence-electron chi connectivity index (χ4n) is 10.9. The maximum absolute atomic E-state index is 5.81. The average Bonchev–Trinajstić information content (AvgIpc) is 3.86. The van der Waals surface area contributed by atoms with Gasteiger partial charge in [0.2, 0.25) is 5.95 Å². The fraction of sp³-hybridized carbons (Fsp3) is 0.0164. The second kappa shape index (κ2) is 14.2. The third-order valence-corrected chi connectivity index (χ3v) is 14.9. The lowest BCUT2D eigenvalue weighted by Gasteiger charge is -2.17. The smallest absolute Gasteiger partial charge is 0.235 e. The summed E-state index contributed by atoms with van der Waals surface area (Å²) in [6, 6.07) is 77.2. The molecule has 0 atom stereocenters. The monoisotopic (exact) mass is 843 g/mol. The van der Waals surface area contributed by atoms with Crippen molar-refractivity contribution >= 4 is 75.5 Å². The number of benzene rings is 10. The normalized spacial score (nSPS) is 12.2. The van der Waals surface area contributed by atoms with Gasteiger partial charge in [0.25, 0.3) is 0 Å². The second-order valence-electron chi connectivity index (χ2n) is 17.1. The van der Waals surface area contributed by atoms with Crippen molar-refractivity contribution in [2.75, 3.05) is 0 Å². The van der Waals surface area contributed by atoms with Crippen LogP contribution in [0.3, 0.4) is 0 Å². The highest BCUT2D eigenvalue weighted by Gasteiger charge is 2.31. The Labute approximate surface area is 379 Å². The molecule has 0 aliphatic heterocycles. The van der Waals surface area contributed by atoms with E-state index in [4.69, 9.17) is 9.97 Å². The number of nitrogens with zero attached hydrogens (tertiary/aromatic N) is 3. The molecule has 3 heterocycles. The standard InChI is InChI=1S/C61H37N3S/c1-2-17-37(18-3-1)39-21-14-22-40(35-39)42-31-16-33-51-56-47-28-10-9-27-46(47)55-50-30-12-13-34-52(50)64(53(55)36-54(56)65-60(42)51)61-62-58(48-32-15-20-38-19-4-5-23-41(38)48)57-45-26-8-6-24-43(45)44-25-7-11-29-49(44)59(57)63-61/h1-35H,36H2. The van der Waals surface area contributed by atoms with Crippen LogP contribution in [0, 0.1) is 0 Å². The van der Waals surface area contributed by atoms with Crippen molar-refractivity contribution in [3.8, 4) is 61.7 Å². The summed E-state index contributed by atoms with van der Waals surface area (Å²) in [7, 11) is 0. The first-order valence-corrected chi connectivity index (χ1v) is 23.1. The van der Waals surface area contributed by atoms with Gasteiger partial charge in [-0.1, -0.05) is 200 Å². The summed E-state index contributed by atoms with van der Waals surface area (Å²) in [6.45, 7) is 0. The van der Waals surface area contributed by atoms with Crippen LogP contribution in [0.15, 0.2) is 212 Å². The van der Waals surface area contributed by atoms with Crippen LogP contribution in [0.5, 0.6) is 0 Å². The summed E-state index contributed by atoms with van der Waals surface area (Å²) in [5, 5.41) is 10.6. The minimum absolute atomic E-state index is 0.679. The lowest BCUT2D eigenvalue weighted by Crippen LogP contribution is -2.08. The Morgan fingerprint density at radius 3 is 1.82 bits per heavy atom. The van der Waals surface area contributed by atoms with Crippen molar-refractivity contribution in [1.82, 2.24) is 14.5 Å². The Morgan fingerprint density at radius 1 is 0.400 bits per heavy atom. The van der Waals surface area contributed by atoms with Gasteiger partial charge in [0.1, 0.15) is 0 Å². The maximum Gasteiger partial charge on any atom is 0.235 e. The van der Waals surface area contributed by atoms with E-state index >= 15 is 0 Å². The van der Waals surface area contributed by atoms with E-state index < -0.39 is 0 Å². The van der Waals surface area contributed by atoms with Gasteiger partial charge in [-0.2, -0.15) is 0 Å². The lowest BCUT2D eigenvalue weighted by atomic mass is 9.93. The van der Waals surface area contributed by atoms with Gasteiger partial charge in [-0.3, -0.25) is 4.57 Å². The van der Waals surface area contributed by atoms with E-state index in [0.29, 0.717) is 5.95 Å². The van der Waals surface area contributed by atoms with Crippen LogP contribution in [0.2, 0.25) is 0 Å². The molecule has 4 heteroatoms. The molecule has 10 aromatic carbocycles. The minimum atomic E-state index is 0.679. The summed E-state index contributed by atoms with van der Waals surface area (Å²) in [4.78, 5) is 12.9. The molecule has 0 spiro atoms. The van der Waals surface area contributed by atoms with E-state index in [1.165, 1.54) is 92.1 Å². The quantitative estimate of drug-likeness (QED) is 0.165. The molecule has 1 aliphatic rings. The van der Waals surface area contributed by atoms with Gasteiger partial charge in [0, 0.05) is 59.9 Å².